The van der Waals surface area contributed by atoms with Crippen LogP contribution in [0.15, 0.2) is 30.3 Å². The van der Waals surface area contributed by atoms with Gasteiger partial charge in [0.2, 0.25) is 0 Å². The molecule has 0 N–H and O–H groups in total. The topological polar surface area (TPSA) is 20.3 Å². The molecule has 2 aromatic carbocycles. The summed E-state index contributed by atoms with van der Waals surface area (Å²) in [5.74, 6) is -6.02. The van der Waals surface area contributed by atoms with E-state index >= 15 is 0 Å². The minimum atomic E-state index is -1.69. The maximum atomic E-state index is 14.0. The minimum Gasteiger partial charge on any atom is -0.338 e. The van der Waals surface area contributed by atoms with Crippen molar-refractivity contribution >= 4 is 17.7 Å². The van der Waals surface area contributed by atoms with E-state index in [-0.39, 0.29) is 23.9 Å². The SMILES string of the molecule is O=C(c1ccc(F)c(F)c1F)N1CCS[C@@H](c2cc(F)ccc2F)CC1. The molecule has 0 aliphatic carbocycles. The lowest BCUT2D eigenvalue weighted by Crippen LogP contribution is -2.33. The smallest absolute Gasteiger partial charge is 0.256 e. The molecule has 0 radical (unpaired) electrons. The van der Waals surface area contributed by atoms with E-state index in [0.717, 1.165) is 24.3 Å². The highest BCUT2D eigenvalue weighted by Crippen LogP contribution is 2.36. The van der Waals surface area contributed by atoms with Crippen LogP contribution in [0.3, 0.4) is 0 Å². The zero-order chi connectivity index (χ0) is 18.8. The first kappa shape index (κ1) is 18.7. The van der Waals surface area contributed by atoms with Gasteiger partial charge in [0, 0.05) is 29.7 Å². The van der Waals surface area contributed by atoms with Gasteiger partial charge in [0.15, 0.2) is 17.5 Å². The number of carbonyl (C=O) groups excluding carboxylic acids is 1. The zero-order valence-corrected chi connectivity index (χ0v) is 14.3. The zero-order valence-electron chi connectivity index (χ0n) is 13.4. The maximum Gasteiger partial charge on any atom is 0.256 e. The van der Waals surface area contributed by atoms with E-state index in [4.69, 9.17) is 0 Å². The summed E-state index contributed by atoms with van der Waals surface area (Å²) in [4.78, 5) is 13.8. The van der Waals surface area contributed by atoms with Crippen molar-refractivity contribution in [2.24, 2.45) is 0 Å². The first-order valence-electron chi connectivity index (χ1n) is 7.88. The summed E-state index contributed by atoms with van der Waals surface area (Å²) in [6, 6.07) is 4.80. The molecule has 1 atom stereocenters. The fraction of sp³-hybridized carbons (Fsp3) is 0.278. The number of benzene rings is 2. The fourth-order valence-corrected chi connectivity index (χ4v) is 4.09. The maximum absolute atomic E-state index is 14.0. The lowest BCUT2D eigenvalue weighted by atomic mass is 10.1. The Kier molecular flexibility index (Phi) is 5.50. The Hall–Kier alpha value is -2.09. The number of thioether (sulfide) groups is 1. The molecule has 1 fully saturated rings. The van der Waals surface area contributed by atoms with Crippen molar-refractivity contribution in [2.75, 3.05) is 18.8 Å². The van der Waals surface area contributed by atoms with Crippen LogP contribution in [0, 0.1) is 29.1 Å². The molecule has 0 unspecified atom stereocenters. The number of nitrogens with zero attached hydrogens (tertiary/aromatic N) is 1. The van der Waals surface area contributed by atoms with E-state index < -0.39 is 40.6 Å². The minimum absolute atomic E-state index is 0.158. The predicted octanol–water partition coefficient (Wildman–Crippen LogP) is 4.70. The van der Waals surface area contributed by atoms with Crippen LogP contribution in [0.2, 0.25) is 0 Å². The third kappa shape index (κ3) is 3.70. The number of carbonyl (C=O) groups is 1. The second kappa shape index (κ2) is 7.65. The van der Waals surface area contributed by atoms with Gasteiger partial charge in [-0.25, -0.2) is 22.0 Å². The summed E-state index contributed by atoms with van der Waals surface area (Å²) < 4.78 is 67.6. The highest BCUT2D eigenvalue weighted by Gasteiger charge is 2.27. The molecule has 0 aromatic heterocycles. The van der Waals surface area contributed by atoms with Gasteiger partial charge in [0.05, 0.1) is 5.56 Å². The largest absolute Gasteiger partial charge is 0.338 e. The standard InChI is InChI=1S/C18H14F5NOS/c19-10-1-3-13(20)12(9-10)15-5-6-24(7-8-26-15)18(25)11-2-4-14(21)17(23)16(11)22/h1-4,9,15H,5-8H2/t15-/m1/s1. The van der Waals surface area contributed by atoms with E-state index in [1.807, 2.05) is 0 Å². The Morgan fingerprint density at radius 3 is 2.46 bits per heavy atom. The molecule has 1 saturated heterocycles. The summed E-state index contributed by atoms with van der Waals surface area (Å²) in [5, 5.41) is -0.363. The van der Waals surface area contributed by atoms with Crippen LogP contribution in [-0.2, 0) is 0 Å². The van der Waals surface area contributed by atoms with Crippen LogP contribution < -0.4 is 0 Å². The Morgan fingerprint density at radius 1 is 0.962 bits per heavy atom. The van der Waals surface area contributed by atoms with Gasteiger partial charge in [-0.05, 0) is 36.8 Å². The molecule has 0 bridgehead atoms. The van der Waals surface area contributed by atoms with Crippen molar-refractivity contribution < 1.29 is 26.7 Å². The molecule has 1 amide bonds. The summed E-state index contributed by atoms with van der Waals surface area (Å²) >= 11 is 1.36. The lowest BCUT2D eigenvalue weighted by Gasteiger charge is -2.21. The van der Waals surface area contributed by atoms with Gasteiger partial charge in [-0.3, -0.25) is 4.79 Å². The van der Waals surface area contributed by atoms with Crippen molar-refractivity contribution in [1.82, 2.24) is 4.90 Å². The van der Waals surface area contributed by atoms with E-state index in [9.17, 15) is 26.7 Å². The summed E-state index contributed by atoms with van der Waals surface area (Å²) in [7, 11) is 0. The van der Waals surface area contributed by atoms with Gasteiger partial charge in [0.25, 0.3) is 5.91 Å². The molecule has 0 saturated carbocycles. The van der Waals surface area contributed by atoms with Gasteiger partial charge in [-0.2, -0.15) is 11.8 Å². The van der Waals surface area contributed by atoms with Crippen molar-refractivity contribution in [3.63, 3.8) is 0 Å². The second-order valence-corrected chi connectivity index (χ2v) is 7.14. The molecule has 26 heavy (non-hydrogen) atoms. The number of hydrogen-bond donors (Lipinski definition) is 0. The van der Waals surface area contributed by atoms with E-state index in [1.54, 1.807) is 0 Å². The molecule has 1 aliphatic heterocycles. The molecule has 2 nitrogen and oxygen atoms in total. The average Bonchev–Trinajstić information content (AvgIpc) is 2.87. The molecular weight excluding hydrogens is 373 g/mol. The van der Waals surface area contributed by atoms with E-state index in [1.165, 1.54) is 16.7 Å². The Labute approximate surface area is 151 Å². The van der Waals surface area contributed by atoms with Crippen molar-refractivity contribution in [2.45, 2.75) is 11.7 Å². The number of halogens is 5. The predicted molar refractivity (Wildman–Crippen MR) is 88.4 cm³/mol. The molecule has 3 rings (SSSR count). The molecule has 1 heterocycles. The Morgan fingerprint density at radius 2 is 1.69 bits per heavy atom. The van der Waals surface area contributed by atoms with Crippen LogP contribution in [-0.4, -0.2) is 29.6 Å². The quantitative estimate of drug-likeness (QED) is 0.550. The summed E-state index contributed by atoms with van der Waals surface area (Å²) in [5.41, 5.74) is -0.340. The lowest BCUT2D eigenvalue weighted by molar-refractivity contribution is 0.0760. The van der Waals surface area contributed by atoms with Crippen LogP contribution in [0.5, 0.6) is 0 Å². The summed E-state index contributed by atoms with van der Waals surface area (Å²) in [6.07, 6.45) is 0.322. The third-order valence-corrected chi connectivity index (χ3v) is 5.51. The number of hydrogen-bond acceptors (Lipinski definition) is 2. The fourth-order valence-electron chi connectivity index (χ4n) is 2.84. The Balaban J connectivity index is 1.77. The van der Waals surface area contributed by atoms with E-state index in [2.05, 4.69) is 0 Å². The highest BCUT2D eigenvalue weighted by molar-refractivity contribution is 7.99. The van der Waals surface area contributed by atoms with Crippen molar-refractivity contribution in [3.05, 3.63) is 70.5 Å². The van der Waals surface area contributed by atoms with Crippen molar-refractivity contribution in [1.29, 1.82) is 0 Å². The van der Waals surface area contributed by atoms with Crippen molar-refractivity contribution in [3.8, 4) is 0 Å². The average molecular weight is 387 g/mol. The first-order chi connectivity index (χ1) is 12.4. The van der Waals surface area contributed by atoms with Crippen LogP contribution in [0.25, 0.3) is 0 Å². The van der Waals surface area contributed by atoms with Gasteiger partial charge in [-0.15, -0.1) is 0 Å². The molecule has 8 heteroatoms. The van der Waals surface area contributed by atoms with E-state index in [0.29, 0.717) is 18.2 Å². The van der Waals surface area contributed by atoms with Crippen LogP contribution >= 0.6 is 11.8 Å². The van der Waals surface area contributed by atoms with Gasteiger partial charge in [0.1, 0.15) is 11.6 Å². The molecular formula is C18H14F5NOS. The van der Waals surface area contributed by atoms with Gasteiger partial charge >= 0.3 is 0 Å². The third-order valence-electron chi connectivity index (χ3n) is 4.20. The molecule has 138 valence electrons. The molecule has 0 spiro atoms. The first-order valence-corrected chi connectivity index (χ1v) is 8.92. The van der Waals surface area contributed by atoms with Crippen LogP contribution in [0.4, 0.5) is 22.0 Å². The van der Waals surface area contributed by atoms with Gasteiger partial charge < -0.3 is 4.90 Å². The van der Waals surface area contributed by atoms with Gasteiger partial charge in [-0.1, -0.05) is 0 Å². The Bertz CT molecular complexity index is 845. The molecule has 1 aliphatic rings. The molecule has 2 aromatic rings. The second-order valence-electron chi connectivity index (χ2n) is 5.83. The van der Waals surface area contributed by atoms with Crippen LogP contribution in [0.1, 0.15) is 27.6 Å². The highest BCUT2D eigenvalue weighted by atomic mass is 32.2. The monoisotopic (exact) mass is 387 g/mol. The number of amides is 1. The number of rotatable bonds is 2. The normalized spacial score (nSPS) is 17.9. The summed E-state index contributed by atoms with van der Waals surface area (Å²) in [6.45, 7) is 0.389.